The maximum Gasteiger partial charge on any atom is 0.303 e. The molecule has 0 aromatic rings. The maximum absolute atomic E-state index is 10.7. The highest BCUT2D eigenvalue weighted by Gasteiger charge is 2.09. The molecule has 0 radical (unpaired) electrons. The van der Waals surface area contributed by atoms with Gasteiger partial charge in [-0.2, -0.15) is 0 Å². The fourth-order valence-electron chi connectivity index (χ4n) is 0.429. The van der Waals surface area contributed by atoms with E-state index in [2.05, 4.69) is 15.9 Å². The Morgan fingerprint density at radius 2 is 2.00 bits per heavy atom. The normalized spacial score (nSPS) is 12.6. The molecule has 0 spiro atoms. The summed E-state index contributed by atoms with van der Waals surface area (Å²) in [6.45, 7) is 1.68. The summed E-state index contributed by atoms with van der Waals surface area (Å²) in [5, 5.41) is 8.18. The van der Waals surface area contributed by atoms with Gasteiger partial charge in [-0.1, -0.05) is 15.9 Å². The van der Waals surface area contributed by atoms with Crippen LogP contribution >= 0.6 is 15.9 Å². The van der Waals surface area contributed by atoms with Gasteiger partial charge in [0.15, 0.2) is 0 Å². The topological polar surface area (TPSA) is 54.4 Å². The molecule has 0 aromatic heterocycles. The first-order valence-electron chi connectivity index (χ1n) is 2.92. The van der Waals surface area contributed by atoms with E-state index in [9.17, 15) is 9.59 Å². The van der Waals surface area contributed by atoms with Crippen molar-refractivity contribution in [3.63, 3.8) is 0 Å². The summed E-state index contributed by atoms with van der Waals surface area (Å²) in [7, 11) is 0. The standard InChI is InChI=1S/C6H9BrO3/c1-4(7)5(8)2-3-6(9)10/h4H,2-3H2,1H3,(H,9,10). The minimum absolute atomic E-state index is 0.0672. The van der Waals surface area contributed by atoms with Gasteiger partial charge in [0.05, 0.1) is 11.2 Å². The van der Waals surface area contributed by atoms with Gasteiger partial charge in [0.25, 0.3) is 0 Å². The van der Waals surface area contributed by atoms with Crippen molar-refractivity contribution in [2.24, 2.45) is 0 Å². The summed E-state index contributed by atoms with van der Waals surface area (Å²) >= 11 is 3.05. The predicted octanol–water partition coefficient (Wildman–Crippen LogP) is 1.20. The van der Waals surface area contributed by atoms with Gasteiger partial charge in [0.1, 0.15) is 5.78 Å². The molecule has 0 aromatic carbocycles. The number of aliphatic carboxylic acids is 1. The highest BCUT2D eigenvalue weighted by molar-refractivity contribution is 9.10. The van der Waals surface area contributed by atoms with Crippen LogP contribution in [0.3, 0.4) is 0 Å². The average molecular weight is 209 g/mol. The van der Waals surface area contributed by atoms with E-state index in [1.807, 2.05) is 0 Å². The smallest absolute Gasteiger partial charge is 0.303 e. The van der Waals surface area contributed by atoms with Crippen LogP contribution in [0, 0.1) is 0 Å². The van der Waals surface area contributed by atoms with Crippen molar-refractivity contribution in [2.45, 2.75) is 24.6 Å². The molecule has 0 saturated heterocycles. The van der Waals surface area contributed by atoms with Crippen molar-refractivity contribution in [3.8, 4) is 0 Å². The first-order chi connectivity index (χ1) is 4.54. The first-order valence-corrected chi connectivity index (χ1v) is 3.84. The van der Waals surface area contributed by atoms with Gasteiger partial charge in [-0.15, -0.1) is 0 Å². The number of hydrogen-bond acceptors (Lipinski definition) is 2. The summed E-state index contributed by atoms with van der Waals surface area (Å²) < 4.78 is 0. The number of carboxylic acid groups (broad SMARTS) is 1. The van der Waals surface area contributed by atoms with Crippen LogP contribution < -0.4 is 0 Å². The number of carbonyl (C=O) groups is 2. The largest absolute Gasteiger partial charge is 0.481 e. The summed E-state index contributed by atoms with van der Waals surface area (Å²) in [6, 6.07) is 0. The molecule has 4 heteroatoms. The summed E-state index contributed by atoms with van der Waals surface area (Å²) in [4.78, 5) is 20.5. The van der Waals surface area contributed by atoms with Crippen LogP contribution in [-0.2, 0) is 9.59 Å². The Morgan fingerprint density at radius 3 is 2.30 bits per heavy atom. The third-order valence-electron chi connectivity index (χ3n) is 1.03. The average Bonchev–Trinajstić information content (AvgIpc) is 1.82. The van der Waals surface area contributed by atoms with Crippen molar-refractivity contribution in [2.75, 3.05) is 0 Å². The number of alkyl halides is 1. The Morgan fingerprint density at radius 1 is 1.50 bits per heavy atom. The van der Waals surface area contributed by atoms with Crippen molar-refractivity contribution in [3.05, 3.63) is 0 Å². The number of halogens is 1. The van der Waals surface area contributed by atoms with Crippen LogP contribution in [0.5, 0.6) is 0 Å². The van der Waals surface area contributed by atoms with E-state index in [0.29, 0.717) is 0 Å². The molecule has 0 saturated carbocycles. The number of rotatable bonds is 4. The lowest BCUT2D eigenvalue weighted by atomic mass is 10.2. The van der Waals surface area contributed by atoms with Crippen LogP contribution in [0.4, 0.5) is 0 Å². The highest BCUT2D eigenvalue weighted by atomic mass is 79.9. The lowest BCUT2D eigenvalue weighted by Crippen LogP contribution is -2.11. The van der Waals surface area contributed by atoms with E-state index < -0.39 is 5.97 Å². The Kier molecular flexibility index (Phi) is 4.27. The molecular weight excluding hydrogens is 200 g/mol. The molecule has 0 bridgehead atoms. The minimum Gasteiger partial charge on any atom is -0.481 e. The van der Waals surface area contributed by atoms with Gasteiger partial charge in [-0.3, -0.25) is 9.59 Å². The number of carboxylic acids is 1. The number of ketones is 1. The Balaban J connectivity index is 3.50. The molecule has 0 aliphatic carbocycles. The first kappa shape index (κ1) is 9.62. The van der Waals surface area contributed by atoms with Crippen LogP contribution in [0.25, 0.3) is 0 Å². The Bertz CT molecular complexity index is 142. The van der Waals surface area contributed by atoms with E-state index in [1.165, 1.54) is 0 Å². The van der Waals surface area contributed by atoms with Crippen LogP contribution in [0.1, 0.15) is 19.8 Å². The second-order valence-corrected chi connectivity index (χ2v) is 3.35. The van der Waals surface area contributed by atoms with Crippen LogP contribution in [0.2, 0.25) is 0 Å². The van der Waals surface area contributed by atoms with Crippen molar-refractivity contribution < 1.29 is 14.7 Å². The van der Waals surface area contributed by atoms with Gasteiger partial charge >= 0.3 is 5.97 Å². The van der Waals surface area contributed by atoms with Gasteiger partial charge in [0, 0.05) is 6.42 Å². The third kappa shape index (κ3) is 4.49. The monoisotopic (exact) mass is 208 g/mol. The Hall–Kier alpha value is -0.380. The van der Waals surface area contributed by atoms with Crippen molar-refractivity contribution >= 4 is 27.7 Å². The molecule has 0 aliphatic rings. The quantitative estimate of drug-likeness (QED) is 0.707. The van der Waals surface area contributed by atoms with Crippen LogP contribution in [0.15, 0.2) is 0 Å². The molecule has 0 aliphatic heterocycles. The molecule has 1 unspecified atom stereocenters. The van der Waals surface area contributed by atoms with Gasteiger partial charge in [-0.25, -0.2) is 0 Å². The summed E-state index contributed by atoms with van der Waals surface area (Å²) in [5.41, 5.74) is 0. The second kappa shape index (κ2) is 4.44. The maximum atomic E-state index is 10.7. The van der Waals surface area contributed by atoms with E-state index in [4.69, 9.17) is 5.11 Å². The molecule has 0 fully saturated rings. The number of carbonyl (C=O) groups excluding carboxylic acids is 1. The molecule has 0 rings (SSSR count). The van der Waals surface area contributed by atoms with Gasteiger partial charge in [0.2, 0.25) is 0 Å². The molecular formula is C6H9BrO3. The van der Waals surface area contributed by atoms with E-state index >= 15 is 0 Å². The Labute approximate surface area is 67.5 Å². The number of hydrogen-bond donors (Lipinski definition) is 1. The van der Waals surface area contributed by atoms with Crippen LogP contribution in [-0.4, -0.2) is 21.7 Å². The third-order valence-corrected chi connectivity index (χ3v) is 1.54. The van der Waals surface area contributed by atoms with E-state index in [1.54, 1.807) is 6.92 Å². The fraction of sp³-hybridized carbons (Fsp3) is 0.667. The number of Topliss-reactive ketones (excluding diaryl/α,β-unsaturated/α-hetero) is 1. The van der Waals surface area contributed by atoms with Crippen molar-refractivity contribution in [1.82, 2.24) is 0 Å². The van der Waals surface area contributed by atoms with E-state index in [-0.39, 0.29) is 23.5 Å². The lowest BCUT2D eigenvalue weighted by Gasteiger charge is -1.98. The second-order valence-electron chi connectivity index (χ2n) is 1.98. The molecule has 0 amide bonds. The SMILES string of the molecule is CC(Br)C(=O)CCC(=O)O. The summed E-state index contributed by atoms with van der Waals surface area (Å²) in [6.07, 6.45) is 0.0382. The highest BCUT2D eigenvalue weighted by Crippen LogP contribution is 2.03. The lowest BCUT2D eigenvalue weighted by molar-refractivity contribution is -0.138. The minimum atomic E-state index is -0.929. The molecule has 0 heterocycles. The zero-order valence-corrected chi connectivity index (χ0v) is 7.22. The van der Waals surface area contributed by atoms with Gasteiger partial charge < -0.3 is 5.11 Å². The molecule has 58 valence electrons. The van der Waals surface area contributed by atoms with Gasteiger partial charge in [-0.05, 0) is 6.92 Å². The molecule has 3 nitrogen and oxygen atoms in total. The fourth-order valence-corrected chi connectivity index (χ4v) is 0.658. The molecule has 1 N–H and O–H groups in total. The van der Waals surface area contributed by atoms with Crippen molar-refractivity contribution in [1.29, 1.82) is 0 Å². The zero-order valence-electron chi connectivity index (χ0n) is 5.63. The summed E-state index contributed by atoms with van der Waals surface area (Å²) in [5.74, 6) is -0.996. The molecule has 1 atom stereocenters. The van der Waals surface area contributed by atoms with E-state index in [0.717, 1.165) is 0 Å². The predicted molar refractivity (Wildman–Crippen MR) is 40.3 cm³/mol. The molecule has 10 heavy (non-hydrogen) atoms. The zero-order chi connectivity index (χ0) is 8.15.